The largest absolute Gasteiger partial charge is 0.326 e. The zero-order chi connectivity index (χ0) is 17.4. The second-order valence-electron chi connectivity index (χ2n) is 5.14. The molecule has 0 aromatic heterocycles. The number of carbonyl (C=O) groups excluding carboxylic acids is 2. The molecule has 0 spiro atoms. The number of anilines is 2. The highest BCUT2D eigenvalue weighted by Gasteiger charge is 2.06. The van der Waals surface area contributed by atoms with E-state index in [-0.39, 0.29) is 18.2 Å². The topological polar surface area (TPSA) is 82.0 Å². The van der Waals surface area contributed by atoms with E-state index in [4.69, 9.17) is 16.9 Å². The number of nitrogens with zero attached hydrogens (tertiary/aromatic N) is 1. The highest BCUT2D eigenvalue weighted by molar-refractivity contribution is 6.30. The Labute approximate surface area is 145 Å². The Morgan fingerprint density at radius 3 is 2.33 bits per heavy atom. The molecule has 2 aromatic rings. The SMILES string of the molecule is N#CCC(=O)Nc1cccc(NC(=O)CCc2cccc(Cl)c2)c1. The number of nitriles is 1. The number of halogens is 1. The molecule has 2 N–H and O–H groups in total. The number of hydrogen-bond acceptors (Lipinski definition) is 3. The van der Waals surface area contributed by atoms with Gasteiger partial charge in [-0.15, -0.1) is 0 Å². The standard InChI is InChI=1S/C18H16ClN3O2/c19-14-4-1-3-13(11-14)7-8-17(23)21-15-5-2-6-16(12-15)22-18(24)9-10-20/h1-6,11-12H,7-9H2,(H,21,23)(H,22,24). The third-order valence-corrected chi connectivity index (χ3v) is 3.43. The summed E-state index contributed by atoms with van der Waals surface area (Å²) >= 11 is 5.92. The van der Waals surface area contributed by atoms with Crippen molar-refractivity contribution in [2.75, 3.05) is 10.6 Å². The van der Waals surface area contributed by atoms with E-state index in [2.05, 4.69) is 10.6 Å². The fraction of sp³-hybridized carbons (Fsp3) is 0.167. The Hall–Kier alpha value is -2.84. The zero-order valence-electron chi connectivity index (χ0n) is 12.9. The van der Waals surface area contributed by atoms with Crippen LogP contribution >= 0.6 is 11.6 Å². The van der Waals surface area contributed by atoms with E-state index in [0.717, 1.165) is 5.56 Å². The summed E-state index contributed by atoms with van der Waals surface area (Å²) in [5, 5.41) is 14.5. The Balaban J connectivity index is 1.89. The van der Waals surface area contributed by atoms with Crippen LogP contribution in [-0.4, -0.2) is 11.8 Å². The van der Waals surface area contributed by atoms with E-state index in [1.165, 1.54) is 0 Å². The number of aryl methyl sites for hydroxylation is 1. The maximum Gasteiger partial charge on any atom is 0.238 e. The lowest BCUT2D eigenvalue weighted by Gasteiger charge is -2.08. The van der Waals surface area contributed by atoms with Gasteiger partial charge in [0.1, 0.15) is 6.42 Å². The van der Waals surface area contributed by atoms with Crippen molar-refractivity contribution in [3.8, 4) is 6.07 Å². The number of hydrogen-bond donors (Lipinski definition) is 2. The molecular weight excluding hydrogens is 326 g/mol. The molecule has 0 aliphatic heterocycles. The lowest BCUT2D eigenvalue weighted by molar-refractivity contribution is -0.116. The minimum absolute atomic E-state index is 0.129. The molecule has 6 heteroatoms. The molecule has 0 fully saturated rings. The van der Waals surface area contributed by atoms with Gasteiger partial charge in [0.05, 0.1) is 6.07 Å². The van der Waals surface area contributed by atoms with E-state index in [1.807, 2.05) is 18.2 Å². The summed E-state index contributed by atoms with van der Waals surface area (Å²) in [6.07, 6.45) is 0.701. The van der Waals surface area contributed by atoms with Crippen molar-refractivity contribution in [1.29, 1.82) is 5.26 Å². The summed E-state index contributed by atoms with van der Waals surface area (Å²) in [4.78, 5) is 23.4. The number of rotatable bonds is 6. The Morgan fingerprint density at radius 1 is 1.00 bits per heavy atom. The van der Waals surface area contributed by atoms with Gasteiger partial charge in [0.25, 0.3) is 0 Å². The van der Waals surface area contributed by atoms with Gasteiger partial charge in [-0.2, -0.15) is 5.26 Å². The number of carbonyl (C=O) groups is 2. The van der Waals surface area contributed by atoms with Crippen LogP contribution < -0.4 is 10.6 Å². The van der Waals surface area contributed by atoms with Crippen molar-refractivity contribution in [1.82, 2.24) is 0 Å². The molecule has 0 radical (unpaired) electrons. The second kappa shape index (κ2) is 8.70. The van der Waals surface area contributed by atoms with Gasteiger partial charge in [0, 0.05) is 22.8 Å². The van der Waals surface area contributed by atoms with E-state index >= 15 is 0 Å². The number of benzene rings is 2. The molecule has 2 rings (SSSR count). The molecule has 2 aromatic carbocycles. The molecule has 0 saturated carbocycles. The van der Waals surface area contributed by atoms with Crippen molar-refractivity contribution in [3.63, 3.8) is 0 Å². The van der Waals surface area contributed by atoms with Crippen LogP contribution in [0.4, 0.5) is 11.4 Å². The Morgan fingerprint density at radius 2 is 1.67 bits per heavy atom. The molecule has 0 aliphatic carbocycles. The van der Waals surface area contributed by atoms with Gasteiger partial charge in [0.15, 0.2) is 0 Å². The predicted molar refractivity (Wildman–Crippen MR) is 93.7 cm³/mol. The molecule has 122 valence electrons. The molecule has 0 heterocycles. The lowest BCUT2D eigenvalue weighted by Crippen LogP contribution is -2.13. The quantitative estimate of drug-likeness (QED) is 0.839. The van der Waals surface area contributed by atoms with E-state index < -0.39 is 0 Å². The van der Waals surface area contributed by atoms with Gasteiger partial charge >= 0.3 is 0 Å². The van der Waals surface area contributed by atoms with E-state index in [9.17, 15) is 9.59 Å². The molecular formula is C18H16ClN3O2. The Kier molecular flexibility index (Phi) is 6.35. The molecule has 0 aliphatic rings. The molecule has 24 heavy (non-hydrogen) atoms. The first-order chi connectivity index (χ1) is 11.6. The van der Waals surface area contributed by atoms with E-state index in [0.29, 0.717) is 29.2 Å². The summed E-state index contributed by atoms with van der Waals surface area (Å²) in [7, 11) is 0. The molecule has 0 unspecified atom stereocenters. The predicted octanol–water partition coefficient (Wildman–Crippen LogP) is 3.76. The molecule has 5 nitrogen and oxygen atoms in total. The second-order valence-corrected chi connectivity index (χ2v) is 5.58. The first-order valence-electron chi connectivity index (χ1n) is 7.38. The highest BCUT2D eigenvalue weighted by Crippen LogP contribution is 2.16. The fourth-order valence-electron chi connectivity index (χ4n) is 2.13. The van der Waals surface area contributed by atoms with Crippen LogP contribution in [0, 0.1) is 11.3 Å². The average Bonchev–Trinajstić information content (AvgIpc) is 2.53. The van der Waals surface area contributed by atoms with Crippen LogP contribution in [0.2, 0.25) is 5.02 Å². The van der Waals surface area contributed by atoms with Crippen molar-refractivity contribution < 1.29 is 9.59 Å². The molecule has 0 atom stereocenters. The normalized spacial score (nSPS) is 9.83. The minimum Gasteiger partial charge on any atom is -0.326 e. The van der Waals surface area contributed by atoms with Crippen molar-refractivity contribution in [2.45, 2.75) is 19.3 Å². The van der Waals surface area contributed by atoms with E-state index in [1.54, 1.807) is 36.4 Å². The molecule has 2 amide bonds. The fourth-order valence-corrected chi connectivity index (χ4v) is 2.34. The van der Waals surface area contributed by atoms with Gasteiger partial charge in [-0.05, 0) is 42.3 Å². The summed E-state index contributed by atoms with van der Waals surface area (Å²) in [6.45, 7) is 0. The first kappa shape index (κ1) is 17.5. The van der Waals surface area contributed by atoms with Gasteiger partial charge < -0.3 is 10.6 Å². The van der Waals surface area contributed by atoms with Crippen LogP contribution in [0.15, 0.2) is 48.5 Å². The monoisotopic (exact) mass is 341 g/mol. The van der Waals surface area contributed by atoms with Crippen LogP contribution in [-0.2, 0) is 16.0 Å². The smallest absolute Gasteiger partial charge is 0.238 e. The molecule has 0 bridgehead atoms. The summed E-state index contributed by atoms with van der Waals surface area (Å²) in [5.41, 5.74) is 2.11. The van der Waals surface area contributed by atoms with Crippen LogP contribution in [0.25, 0.3) is 0 Å². The van der Waals surface area contributed by atoms with Crippen molar-refractivity contribution in [3.05, 3.63) is 59.1 Å². The minimum atomic E-state index is -0.387. The highest BCUT2D eigenvalue weighted by atomic mass is 35.5. The summed E-state index contributed by atoms with van der Waals surface area (Å²) < 4.78 is 0. The van der Waals surface area contributed by atoms with Gasteiger partial charge in [-0.25, -0.2) is 0 Å². The lowest BCUT2D eigenvalue weighted by atomic mass is 10.1. The Bertz CT molecular complexity index is 784. The zero-order valence-corrected chi connectivity index (χ0v) is 13.6. The van der Waals surface area contributed by atoms with Crippen molar-refractivity contribution >= 4 is 34.8 Å². The van der Waals surface area contributed by atoms with Crippen LogP contribution in [0.3, 0.4) is 0 Å². The summed E-state index contributed by atoms with van der Waals surface area (Å²) in [5.74, 6) is -0.516. The summed E-state index contributed by atoms with van der Waals surface area (Å²) in [6, 6.07) is 16.0. The van der Waals surface area contributed by atoms with Gasteiger partial charge in [-0.3, -0.25) is 9.59 Å². The average molecular weight is 342 g/mol. The maximum atomic E-state index is 12.0. The van der Waals surface area contributed by atoms with Crippen molar-refractivity contribution in [2.24, 2.45) is 0 Å². The number of amides is 2. The first-order valence-corrected chi connectivity index (χ1v) is 7.76. The van der Waals surface area contributed by atoms with Gasteiger partial charge in [-0.1, -0.05) is 29.8 Å². The molecule has 0 saturated heterocycles. The number of nitrogens with one attached hydrogen (secondary N) is 2. The third-order valence-electron chi connectivity index (χ3n) is 3.20. The maximum absolute atomic E-state index is 12.0. The van der Waals surface area contributed by atoms with Crippen LogP contribution in [0.5, 0.6) is 0 Å². The third kappa shape index (κ3) is 5.75. The van der Waals surface area contributed by atoms with Gasteiger partial charge in [0.2, 0.25) is 11.8 Å². The van der Waals surface area contributed by atoms with Crippen LogP contribution in [0.1, 0.15) is 18.4 Å².